The Kier molecular flexibility index (Phi) is 3.32. The highest BCUT2D eigenvalue weighted by Gasteiger charge is 2.16. The van der Waals surface area contributed by atoms with Gasteiger partial charge in [-0.25, -0.2) is 8.42 Å². The van der Waals surface area contributed by atoms with E-state index in [9.17, 15) is 8.42 Å². The first-order chi connectivity index (χ1) is 6.42. The molecule has 0 bridgehead atoms. The van der Waals surface area contributed by atoms with Crippen LogP contribution in [0.3, 0.4) is 0 Å². The molecule has 2 nitrogen and oxygen atoms in total. The molecule has 0 radical (unpaired) electrons. The lowest BCUT2D eigenvalue weighted by molar-refractivity contribution is 0.586. The second-order valence-electron chi connectivity index (χ2n) is 3.85. The van der Waals surface area contributed by atoms with E-state index >= 15 is 0 Å². The Morgan fingerprint density at radius 2 is 1.93 bits per heavy atom. The molecule has 0 N–H and O–H groups in total. The van der Waals surface area contributed by atoms with E-state index in [1.807, 2.05) is 31.2 Å². The van der Waals surface area contributed by atoms with Crippen molar-refractivity contribution >= 4 is 9.84 Å². The van der Waals surface area contributed by atoms with E-state index < -0.39 is 9.84 Å². The maximum Gasteiger partial charge on any atom is 0.156 e. The Morgan fingerprint density at radius 1 is 1.29 bits per heavy atom. The number of aryl methyl sites for hydroxylation is 1. The normalized spacial score (nSPS) is 12.0. The van der Waals surface area contributed by atoms with E-state index in [2.05, 4.69) is 0 Å². The summed E-state index contributed by atoms with van der Waals surface area (Å²) in [6.07, 6.45) is 0. The lowest BCUT2D eigenvalue weighted by atomic mass is 10.2. The van der Waals surface area contributed by atoms with Gasteiger partial charge in [-0.2, -0.15) is 0 Å². The van der Waals surface area contributed by atoms with Crippen molar-refractivity contribution in [2.45, 2.75) is 31.8 Å². The minimum atomic E-state index is -2.97. The average molecular weight is 212 g/mol. The van der Waals surface area contributed by atoms with Crippen molar-refractivity contribution in [3.05, 3.63) is 35.4 Å². The summed E-state index contributed by atoms with van der Waals surface area (Å²) in [5.74, 6) is 0.145. The highest BCUT2D eigenvalue weighted by atomic mass is 32.2. The summed E-state index contributed by atoms with van der Waals surface area (Å²) >= 11 is 0. The monoisotopic (exact) mass is 212 g/mol. The molecule has 0 unspecified atom stereocenters. The first kappa shape index (κ1) is 11.2. The average Bonchev–Trinajstić information content (AvgIpc) is 2.02. The van der Waals surface area contributed by atoms with Gasteiger partial charge in [-0.3, -0.25) is 0 Å². The lowest BCUT2D eigenvalue weighted by Crippen LogP contribution is -2.15. The van der Waals surface area contributed by atoms with Crippen LogP contribution in [0.4, 0.5) is 0 Å². The van der Waals surface area contributed by atoms with Gasteiger partial charge in [0.1, 0.15) is 0 Å². The van der Waals surface area contributed by atoms with Crippen molar-refractivity contribution < 1.29 is 8.42 Å². The molecule has 0 aliphatic rings. The van der Waals surface area contributed by atoms with Gasteiger partial charge in [0, 0.05) is 0 Å². The quantitative estimate of drug-likeness (QED) is 0.770. The van der Waals surface area contributed by atoms with Gasteiger partial charge < -0.3 is 0 Å². The molecule has 0 atom stereocenters. The summed E-state index contributed by atoms with van der Waals surface area (Å²) < 4.78 is 23.2. The Balaban J connectivity index is 2.90. The number of hydrogen-bond donors (Lipinski definition) is 0. The van der Waals surface area contributed by atoms with Crippen molar-refractivity contribution in [3.63, 3.8) is 0 Å². The number of rotatable bonds is 3. The first-order valence-corrected chi connectivity index (χ1v) is 6.40. The minimum Gasteiger partial charge on any atom is -0.228 e. The molecule has 0 spiro atoms. The number of hydrogen-bond acceptors (Lipinski definition) is 2. The van der Waals surface area contributed by atoms with Crippen LogP contribution in [0, 0.1) is 6.92 Å². The summed E-state index contributed by atoms with van der Waals surface area (Å²) in [6, 6.07) is 7.62. The molecule has 1 aromatic carbocycles. The lowest BCUT2D eigenvalue weighted by Gasteiger charge is -2.07. The second kappa shape index (κ2) is 4.13. The van der Waals surface area contributed by atoms with E-state index in [0.717, 1.165) is 11.1 Å². The fraction of sp³-hybridized carbons (Fsp3) is 0.455. The predicted molar refractivity (Wildman–Crippen MR) is 58.9 cm³/mol. The van der Waals surface area contributed by atoms with E-state index in [4.69, 9.17) is 0 Å². The van der Waals surface area contributed by atoms with Gasteiger partial charge in [-0.15, -0.1) is 0 Å². The SMILES string of the molecule is Cc1cccc(CS(=O)(=O)C(C)C)c1. The third-order valence-electron chi connectivity index (χ3n) is 2.17. The molecule has 0 amide bonds. The van der Waals surface area contributed by atoms with Crippen LogP contribution in [0.15, 0.2) is 24.3 Å². The highest BCUT2D eigenvalue weighted by molar-refractivity contribution is 7.91. The zero-order valence-electron chi connectivity index (χ0n) is 8.82. The van der Waals surface area contributed by atoms with Crippen LogP contribution < -0.4 is 0 Å². The van der Waals surface area contributed by atoms with Crippen LogP contribution in [-0.2, 0) is 15.6 Å². The molecular formula is C11H16O2S. The topological polar surface area (TPSA) is 34.1 Å². The third-order valence-corrected chi connectivity index (χ3v) is 4.34. The zero-order chi connectivity index (χ0) is 10.8. The zero-order valence-corrected chi connectivity index (χ0v) is 9.64. The maximum absolute atomic E-state index is 11.6. The smallest absolute Gasteiger partial charge is 0.156 e. The maximum atomic E-state index is 11.6. The van der Waals surface area contributed by atoms with Crippen LogP contribution in [-0.4, -0.2) is 13.7 Å². The van der Waals surface area contributed by atoms with Crippen LogP contribution >= 0.6 is 0 Å². The van der Waals surface area contributed by atoms with Crippen LogP contribution in [0.2, 0.25) is 0 Å². The van der Waals surface area contributed by atoms with Crippen LogP contribution in [0.1, 0.15) is 25.0 Å². The molecule has 0 fully saturated rings. The molecule has 1 aromatic rings. The molecule has 0 aliphatic heterocycles. The highest BCUT2D eigenvalue weighted by Crippen LogP contribution is 2.12. The van der Waals surface area contributed by atoms with Crippen LogP contribution in [0.5, 0.6) is 0 Å². The van der Waals surface area contributed by atoms with Gasteiger partial charge in [0.2, 0.25) is 0 Å². The molecule has 0 saturated heterocycles. The van der Waals surface area contributed by atoms with Crippen molar-refractivity contribution in [1.82, 2.24) is 0 Å². The van der Waals surface area contributed by atoms with Gasteiger partial charge in [-0.1, -0.05) is 29.8 Å². The molecule has 0 aromatic heterocycles. The number of sulfone groups is 1. The fourth-order valence-electron chi connectivity index (χ4n) is 1.20. The van der Waals surface area contributed by atoms with Gasteiger partial charge in [0.25, 0.3) is 0 Å². The molecule has 78 valence electrons. The van der Waals surface area contributed by atoms with E-state index in [1.54, 1.807) is 13.8 Å². The van der Waals surface area contributed by atoms with Gasteiger partial charge in [0.15, 0.2) is 9.84 Å². The largest absolute Gasteiger partial charge is 0.228 e. The Labute approximate surface area is 85.9 Å². The molecule has 0 heterocycles. The molecule has 3 heteroatoms. The summed E-state index contributed by atoms with van der Waals surface area (Å²) in [5.41, 5.74) is 1.97. The molecule has 14 heavy (non-hydrogen) atoms. The molecule has 1 rings (SSSR count). The summed E-state index contributed by atoms with van der Waals surface area (Å²) in [4.78, 5) is 0. The molecular weight excluding hydrogens is 196 g/mol. The van der Waals surface area contributed by atoms with Crippen molar-refractivity contribution in [3.8, 4) is 0 Å². The van der Waals surface area contributed by atoms with Gasteiger partial charge in [0.05, 0.1) is 11.0 Å². The summed E-state index contributed by atoms with van der Waals surface area (Å²) in [7, 11) is -2.97. The molecule has 0 saturated carbocycles. The number of benzene rings is 1. The second-order valence-corrected chi connectivity index (χ2v) is 6.40. The third kappa shape index (κ3) is 2.84. The van der Waals surface area contributed by atoms with Gasteiger partial charge >= 0.3 is 0 Å². The Hall–Kier alpha value is -0.830. The minimum absolute atomic E-state index is 0.145. The predicted octanol–water partition coefficient (Wildman–Crippen LogP) is 2.32. The van der Waals surface area contributed by atoms with Crippen LogP contribution in [0.25, 0.3) is 0 Å². The van der Waals surface area contributed by atoms with E-state index in [1.165, 1.54) is 0 Å². The van der Waals surface area contributed by atoms with Gasteiger partial charge in [-0.05, 0) is 26.3 Å². The van der Waals surface area contributed by atoms with E-state index in [0.29, 0.717) is 0 Å². The Morgan fingerprint density at radius 3 is 2.43 bits per heavy atom. The first-order valence-electron chi connectivity index (χ1n) is 4.69. The molecule has 0 aliphatic carbocycles. The standard InChI is InChI=1S/C11H16O2S/c1-9(2)14(12,13)8-11-6-4-5-10(3)7-11/h4-7,9H,8H2,1-3H3. The van der Waals surface area contributed by atoms with E-state index in [-0.39, 0.29) is 11.0 Å². The summed E-state index contributed by atoms with van der Waals surface area (Å²) in [5, 5.41) is -0.303. The van der Waals surface area contributed by atoms with Crippen molar-refractivity contribution in [2.75, 3.05) is 0 Å². The van der Waals surface area contributed by atoms with Crippen molar-refractivity contribution in [2.24, 2.45) is 0 Å². The Bertz CT molecular complexity index is 405. The summed E-state index contributed by atoms with van der Waals surface area (Å²) in [6.45, 7) is 5.39. The fourth-order valence-corrected chi connectivity index (χ4v) is 2.18. The van der Waals surface area contributed by atoms with Crippen molar-refractivity contribution in [1.29, 1.82) is 0 Å².